The van der Waals surface area contributed by atoms with Crippen molar-refractivity contribution in [2.45, 2.75) is 137 Å². The number of imidazole rings is 1. The van der Waals surface area contributed by atoms with E-state index in [2.05, 4.69) is 59.5 Å². The number of hydrogen-bond donors (Lipinski definition) is 6. The van der Waals surface area contributed by atoms with Crippen LogP contribution < -0.4 is 26.6 Å². The molecule has 1 saturated heterocycles. The minimum atomic E-state index is -0.988. The van der Waals surface area contributed by atoms with E-state index in [1.165, 1.54) is 24.2 Å². The first-order chi connectivity index (χ1) is 39.0. The van der Waals surface area contributed by atoms with Crippen molar-refractivity contribution < 1.29 is 47.8 Å². The van der Waals surface area contributed by atoms with Crippen molar-refractivity contribution >= 4 is 58.0 Å². The average molecular weight is 1130 g/mol. The van der Waals surface area contributed by atoms with Crippen LogP contribution in [0.4, 0.5) is 11.5 Å². The fourth-order valence-corrected chi connectivity index (χ4v) is 11.1. The van der Waals surface area contributed by atoms with E-state index in [9.17, 15) is 29.1 Å². The summed E-state index contributed by atoms with van der Waals surface area (Å²) in [5.74, 6) is -0.0559. The van der Waals surface area contributed by atoms with Gasteiger partial charge in [-0.1, -0.05) is 81.6 Å². The van der Waals surface area contributed by atoms with Gasteiger partial charge < -0.3 is 55.3 Å². The highest BCUT2D eigenvalue weighted by Gasteiger charge is 2.44. The zero-order chi connectivity index (χ0) is 57.5. The number of aliphatic hydroxyl groups excluding tert-OH is 1. The smallest absolute Gasteiger partial charge is 0.246 e. The summed E-state index contributed by atoms with van der Waals surface area (Å²) in [6.07, 6.45) is 8.84. The van der Waals surface area contributed by atoms with Gasteiger partial charge in [-0.15, -0.1) is 11.3 Å². The summed E-state index contributed by atoms with van der Waals surface area (Å²) >= 11 is 1.57. The fourth-order valence-electron chi connectivity index (χ4n) is 10.3. The van der Waals surface area contributed by atoms with Gasteiger partial charge in [-0.25, -0.2) is 9.97 Å². The van der Waals surface area contributed by atoms with E-state index in [1.807, 2.05) is 90.1 Å². The van der Waals surface area contributed by atoms with Crippen molar-refractivity contribution in [1.29, 1.82) is 0 Å². The van der Waals surface area contributed by atoms with E-state index >= 15 is 0 Å². The first-order valence-electron chi connectivity index (χ1n) is 28.1. The Bertz CT molecular complexity index is 3050. The number of hydrogen-bond acceptors (Lipinski definition) is 15. The highest BCUT2D eigenvalue weighted by molar-refractivity contribution is 7.13. The minimum absolute atomic E-state index is 0.0286. The summed E-state index contributed by atoms with van der Waals surface area (Å²) in [5, 5.41) is 29.9. The molecular weight excluding hydrogens is 1050 g/mol. The maximum atomic E-state index is 14.0. The maximum Gasteiger partial charge on any atom is 0.246 e. The lowest BCUT2D eigenvalue weighted by Gasteiger charge is -2.35. The SMILES string of the molecule is Cc1ncsc1-c1ccc(CNC(=O)[C@H]2C[C@H](O)CN2C(=O)[C@H](NC(=O)COCCOCCOCCNC(=O)CCC(=O)Nc2ccc(CCc3nc4cc(-c5c(C)noc5C)ccn4c3NC3CCCCC3)cc2)C(C)(C)C)cc1. The van der Waals surface area contributed by atoms with Gasteiger partial charge in [0.2, 0.25) is 29.5 Å². The van der Waals surface area contributed by atoms with Gasteiger partial charge in [0.1, 0.15) is 35.9 Å². The Morgan fingerprint density at radius 3 is 2.20 bits per heavy atom. The van der Waals surface area contributed by atoms with E-state index in [0.717, 1.165) is 92.7 Å². The number of aliphatic hydroxyl groups is 1. The molecule has 8 rings (SSSR count). The number of amides is 5. The van der Waals surface area contributed by atoms with Crippen LogP contribution in [0, 0.1) is 26.2 Å². The number of benzene rings is 2. The molecular formula is C60H78N10O10S. The number of pyridine rings is 1. The molecule has 2 aliphatic rings. The number of nitrogens with zero attached hydrogens (tertiary/aromatic N) is 5. The van der Waals surface area contributed by atoms with E-state index in [0.29, 0.717) is 11.7 Å². The van der Waals surface area contributed by atoms with E-state index in [-0.39, 0.29) is 96.3 Å². The molecule has 20 nitrogen and oxygen atoms in total. The lowest BCUT2D eigenvalue weighted by Crippen LogP contribution is -2.58. The molecule has 6 aromatic rings. The molecule has 21 heteroatoms. The number of thiazole rings is 1. The lowest BCUT2D eigenvalue weighted by atomic mass is 9.85. The molecule has 1 aliphatic heterocycles. The Morgan fingerprint density at radius 1 is 0.802 bits per heavy atom. The van der Waals surface area contributed by atoms with Gasteiger partial charge in [0.25, 0.3) is 0 Å². The molecule has 1 aliphatic carbocycles. The summed E-state index contributed by atoms with van der Waals surface area (Å²) < 4.78 is 24.3. The van der Waals surface area contributed by atoms with Crippen LogP contribution in [0.2, 0.25) is 0 Å². The van der Waals surface area contributed by atoms with Gasteiger partial charge in [0.05, 0.1) is 66.6 Å². The zero-order valence-electron chi connectivity index (χ0n) is 47.4. The Balaban J connectivity index is 0.667. The van der Waals surface area contributed by atoms with Gasteiger partial charge in [-0.3, -0.25) is 28.4 Å². The van der Waals surface area contributed by atoms with Crippen molar-refractivity contribution in [3.05, 3.63) is 106 Å². The standard InChI is InChI=1S/C60H78N10O10S/c1-38-54(40(3)80-68-38)44-24-26-69-50(32-44)66-48(57(69)65-45-10-8-7-9-11-45)21-16-41-14-19-46(20-15-41)64-52(73)23-22-51(72)61-25-27-77-28-29-78-30-31-79-36-53(74)67-56(60(4,5)6)59(76)70-35-47(71)33-49(70)58(75)62-34-42-12-17-43(18-13-42)55-39(2)63-37-81-55/h12-15,17-20,24,26,32,37,45,47,49,56,65,71H,7-11,16,21-23,25,27-31,33-36H2,1-6H3,(H,61,72)(H,62,75)(H,64,73)(H,67,74)/t47-,49+,56-/m0/s1. The quantitative estimate of drug-likeness (QED) is 0.0278. The molecule has 5 amide bonds. The third-order valence-corrected chi connectivity index (χ3v) is 15.7. The number of ether oxygens (including phenoxy) is 3. The molecule has 3 atom stereocenters. The fraction of sp³-hybridized carbons (Fsp3) is 0.500. The highest BCUT2D eigenvalue weighted by atomic mass is 32.1. The molecule has 4 aromatic heterocycles. The van der Waals surface area contributed by atoms with E-state index in [4.69, 9.17) is 23.7 Å². The Labute approximate surface area is 477 Å². The lowest BCUT2D eigenvalue weighted by molar-refractivity contribution is -0.144. The normalized spacial score (nSPS) is 16.1. The molecule has 2 fully saturated rings. The third kappa shape index (κ3) is 16.8. The summed E-state index contributed by atoms with van der Waals surface area (Å²) in [6, 6.07) is 18.3. The number of carbonyl (C=O) groups excluding carboxylic acids is 5. The molecule has 2 aromatic carbocycles. The predicted molar refractivity (Wildman–Crippen MR) is 309 cm³/mol. The topological polar surface area (TPSA) is 253 Å². The molecule has 5 heterocycles. The number of nitrogens with one attached hydrogen (secondary N) is 5. The van der Waals surface area contributed by atoms with Crippen LogP contribution in [-0.2, 0) is 57.6 Å². The second-order valence-electron chi connectivity index (χ2n) is 22.0. The molecule has 0 unspecified atom stereocenters. The third-order valence-electron chi connectivity index (χ3n) is 14.7. The van der Waals surface area contributed by atoms with Crippen molar-refractivity contribution in [3.63, 3.8) is 0 Å². The van der Waals surface area contributed by atoms with Crippen LogP contribution in [-0.4, -0.2) is 136 Å². The van der Waals surface area contributed by atoms with E-state index < -0.39 is 35.4 Å². The second kappa shape index (κ2) is 28.6. The van der Waals surface area contributed by atoms with E-state index in [1.54, 1.807) is 16.8 Å². The predicted octanol–water partition coefficient (Wildman–Crippen LogP) is 7.26. The molecule has 81 heavy (non-hydrogen) atoms. The Morgan fingerprint density at radius 2 is 1.51 bits per heavy atom. The van der Waals surface area contributed by atoms with Crippen LogP contribution in [0.25, 0.3) is 27.2 Å². The average Bonchev–Trinajstić information content (AvgIpc) is 4.35. The van der Waals surface area contributed by atoms with Gasteiger partial charge in [-0.2, -0.15) is 0 Å². The largest absolute Gasteiger partial charge is 0.391 e. The van der Waals surface area contributed by atoms with Gasteiger partial charge >= 0.3 is 0 Å². The number of carbonyl (C=O) groups is 5. The molecule has 0 radical (unpaired) electrons. The summed E-state index contributed by atoms with van der Waals surface area (Å²) in [5.41, 5.74) is 10.5. The first-order valence-corrected chi connectivity index (χ1v) is 29.0. The van der Waals surface area contributed by atoms with Crippen molar-refractivity contribution in [2.75, 3.05) is 63.4 Å². The molecule has 6 N–H and O–H groups in total. The molecule has 1 saturated carbocycles. The van der Waals surface area contributed by atoms with Gasteiger partial charge in [-0.05, 0) is 98.4 Å². The minimum Gasteiger partial charge on any atom is -0.391 e. The van der Waals surface area contributed by atoms with Gasteiger partial charge in [0, 0.05) is 62.4 Å². The number of rotatable bonds is 27. The Hall–Kier alpha value is -7.04. The number of aryl methyl sites for hydroxylation is 5. The molecule has 434 valence electrons. The summed E-state index contributed by atoms with van der Waals surface area (Å²) in [6.45, 7) is 12.5. The first kappa shape index (κ1) is 60.1. The van der Waals surface area contributed by atoms with Crippen LogP contribution in [0.1, 0.15) is 106 Å². The van der Waals surface area contributed by atoms with Crippen LogP contribution >= 0.6 is 11.3 Å². The monoisotopic (exact) mass is 1130 g/mol. The van der Waals surface area contributed by atoms with Crippen molar-refractivity contribution in [2.24, 2.45) is 5.41 Å². The molecule has 0 bridgehead atoms. The van der Waals surface area contributed by atoms with Crippen molar-refractivity contribution in [3.8, 4) is 21.6 Å². The van der Waals surface area contributed by atoms with Crippen LogP contribution in [0.3, 0.4) is 0 Å². The zero-order valence-corrected chi connectivity index (χ0v) is 48.3. The molecule has 0 spiro atoms. The number of aromatic nitrogens is 4. The maximum absolute atomic E-state index is 14.0. The van der Waals surface area contributed by atoms with Crippen molar-refractivity contribution in [1.82, 2.24) is 40.4 Å². The number of fused-ring (bicyclic) bond motifs is 1. The van der Waals surface area contributed by atoms with Crippen LogP contribution in [0.5, 0.6) is 0 Å². The number of likely N-dealkylation sites (tertiary alicyclic amines) is 1. The summed E-state index contributed by atoms with van der Waals surface area (Å²) in [7, 11) is 0. The Kier molecular flexibility index (Phi) is 21.2. The number of β-amino-alcohol motifs (C(OH)–C–C–N with tert-alkyl or cyclic N) is 1. The summed E-state index contributed by atoms with van der Waals surface area (Å²) in [4.78, 5) is 77.5. The highest BCUT2D eigenvalue weighted by Crippen LogP contribution is 2.32. The van der Waals surface area contributed by atoms with Crippen LogP contribution in [0.15, 0.2) is 76.9 Å². The number of anilines is 2. The van der Waals surface area contributed by atoms with Gasteiger partial charge in [0.15, 0.2) is 0 Å². The second-order valence-corrected chi connectivity index (χ2v) is 22.9.